The molecular weight excluding hydrogens is 342 g/mol. The molecule has 0 atom stereocenters. The van der Waals surface area contributed by atoms with E-state index in [1.54, 1.807) is 36.7 Å². The Morgan fingerprint density at radius 2 is 1.81 bits per heavy atom. The number of fused-ring (bicyclic) bond motifs is 1. The number of anilines is 1. The van der Waals surface area contributed by atoms with Gasteiger partial charge >= 0.3 is 0 Å². The fraction of sp³-hybridized carbons (Fsp3) is 0.0500. The molecular formula is C20H17N5O2. The van der Waals surface area contributed by atoms with Gasteiger partial charge in [-0.2, -0.15) is 0 Å². The first-order chi connectivity index (χ1) is 13.1. The summed E-state index contributed by atoms with van der Waals surface area (Å²) < 4.78 is 1.94. The minimum absolute atomic E-state index is 0.221. The van der Waals surface area contributed by atoms with Crippen molar-refractivity contribution in [2.24, 2.45) is 5.73 Å². The molecule has 4 rings (SSSR count). The van der Waals surface area contributed by atoms with E-state index in [2.05, 4.69) is 15.3 Å². The standard InChI is InChI=1S/C20H17N5O2/c21-18(27)15-3-1-13(2-4-15)11-23-19-20-24-12-17(25(20)10-9-22-19)14-5-7-16(26)8-6-14/h1-10,12,26H,11H2,(H2,21,27)(H,22,23). The van der Waals surface area contributed by atoms with E-state index in [1.807, 2.05) is 34.9 Å². The van der Waals surface area contributed by atoms with Crippen molar-refractivity contribution in [1.82, 2.24) is 14.4 Å². The summed E-state index contributed by atoms with van der Waals surface area (Å²) in [6.07, 6.45) is 5.32. The molecule has 27 heavy (non-hydrogen) atoms. The summed E-state index contributed by atoms with van der Waals surface area (Å²) in [6.45, 7) is 0.535. The number of rotatable bonds is 5. The molecule has 0 radical (unpaired) electrons. The highest BCUT2D eigenvalue weighted by Gasteiger charge is 2.10. The molecule has 4 N–H and O–H groups in total. The largest absolute Gasteiger partial charge is 0.508 e. The lowest BCUT2D eigenvalue weighted by Crippen LogP contribution is -2.11. The summed E-state index contributed by atoms with van der Waals surface area (Å²) in [7, 11) is 0. The lowest BCUT2D eigenvalue weighted by Gasteiger charge is -2.08. The van der Waals surface area contributed by atoms with Gasteiger partial charge in [0.1, 0.15) is 5.75 Å². The summed E-state index contributed by atoms with van der Waals surface area (Å²) in [5.74, 6) is 0.431. The maximum atomic E-state index is 11.1. The second-order valence-corrected chi connectivity index (χ2v) is 6.07. The van der Waals surface area contributed by atoms with Crippen LogP contribution in [-0.4, -0.2) is 25.4 Å². The summed E-state index contributed by atoms with van der Waals surface area (Å²) in [5, 5.41) is 12.7. The number of benzene rings is 2. The first-order valence-corrected chi connectivity index (χ1v) is 8.36. The molecule has 7 nitrogen and oxygen atoms in total. The van der Waals surface area contributed by atoms with Crippen molar-refractivity contribution in [3.63, 3.8) is 0 Å². The highest BCUT2D eigenvalue weighted by molar-refractivity contribution is 5.92. The molecule has 0 spiro atoms. The fourth-order valence-corrected chi connectivity index (χ4v) is 2.86. The van der Waals surface area contributed by atoms with Gasteiger partial charge in [-0.3, -0.25) is 9.20 Å². The molecule has 7 heteroatoms. The Morgan fingerprint density at radius 1 is 1.07 bits per heavy atom. The molecule has 2 heterocycles. The SMILES string of the molecule is NC(=O)c1ccc(CNc2nccn3c(-c4ccc(O)cc4)cnc23)cc1. The van der Waals surface area contributed by atoms with Gasteiger partial charge in [0, 0.05) is 30.1 Å². The molecule has 0 unspecified atom stereocenters. The van der Waals surface area contributed by atoms with Crippen LogP contribution in [0.3, 0.4) is 0 Å². The Bertz CT molecular complexity index is 1100. The fourth-order valence-electron chi connectivity index (χ4n) is 2.86. The van der Waals surface area contributed by atoms with Crippen LogP contribution in [0.1, 0.15) is 15.9 Å². The van der Waals surface area contributed by atoms with Gasteiger partial charge in [-0.25, -0.2) is 9.97 Å². The number of phenols is 1. The monoisotopic (exact) mass is 359 g/mol. The Balaban J connectivity index is 1.59. The van der Waals surface area contributed by atoms with Crippen LogP contribution in [0, 0.1) is 0 Å². The molecule has 0 saturated carbocycles. The lowest BCUT2D eigenvalue weighted by molar-refractivity contribution is 0.100. The van der Waals surface area contributed by atoms with Gasteiger partial charge in [-0.05, 0) is 42.0 Å². The van der Waals surface area contributed by atoms with Gasteiger partial charge in [0.2, 0.25) is 5.91 Å². The normalized spacial score (nSPS) is 10.8. The summed E-state index contributed by atoms with van der Waals surface area (Å²) in [5.41, 5.74) is 9.28. The first-order valence-electron chi connectivity index (χ1n) is 8.36. The molecule has 0 aliphatic rings. The molecule has 134 valence electrons. The van der Waals surface area contributed by atoms with Crippen LogP contribution in [0.5, 0.6) is 5.75 Å². The second kappa shape index (κ2) is 6.80. The molecule has 0 fully saturated rings. The number of carbonyl (C=O) groups excluding carboxylic acids is 1. The maximum Gasteiger partial charge on any atom is 0.248 e. The summed E-state index contributed by atoms with van der Waals surface area (Å²) in [6, 6.07) is 14.1. The molecule has 0 aliphatic heterocycles. The van der Waals surface area contributed by atoms with Gasteiger partial charge in [0.05, 0.1) is 11.9 Å². The van der Waals surface area contributed by atoms with Crippen LogP contribution in [0.4, 0.5) is 5.82 Å². The molecule has 0 aliphatic carbocycles. The third-order valence-corrected chi connectivity index (χ3v) is 4.29. The lowest BCUT2D eigenvalue weighted by atomic mass is 10.1. The van der Waals surface area contributed by atoms with Gasteiger partial charge in [-0.1, -0.05) is 12.1 Å². The third kappa shape index (κ3) is 3.30. The van der Waals surface area contributed by atoms with Crippen LogP contribution in [-0.2, 0) is 6.54 Å². The van der Waals surface area contributed by atoms with E-state index >= 15 is 0 Å². The molecule has 2 aromatic heterocycles. The Hall–Kier alpha value is -3.87. The Kier molecular flexibility index (Phi) is 4.18. The van der Waals surface area contributed by atoms with Gasteiger partial charge in [0.15, 0.2) is 11.5 Å². The smallest absolute Gasteiger partial charge is 0.248 e. The Labute approximate surface area is 155 Å². The van der Waals surface area contributed by atoms with E-state index in [4.69, 9.17) is 5.73 Å². The number of nitrogens with two attached hydrogens (primary N) is 1. The van der Waals surface area contributed by atoms with Crippen molar-refractivity contribution < 1.29 is 9.90 Å². The van der Waals surface area contributed by atoms with Crippen LogP contribution >= 0.6 is 0 Å². The number of imidazole rings is 1. The van der Waals surface area contributed by atoms with E-state index in [9.17, 15) is 9.90 Å². The quantitative estimate of drug-likeness (QED) is 0.508. The number of hydrogen-bond donors (Lipinski definition) is 3. The van der Waals surface area contributed by atoms with Crippen molar-refractivity contribution in [3.05, 3.63) is 78.2 Å². The van der Waals surface area contributed by atoms with E-state index < -0.39 is 5.91 Å². The number of hydrogen-bond acceptors (Lipinski definition) is 5. The van der Waals surface area contributed by atoms with Crippen molar-refractivity contribution in [2.45, 2.75) is 6.54 Å². The maximum absolute atomic E-state index is 11.1. The third-order valence-electron chi connectivity index (χ3n) is 4.29. The minimum atomic E-state index is -0.444. The number of nitrogens with zero attached hydrogens (tertiary/aromatic N) is 3. The van der Waals surface area contributed by atoms with E-state index in [-0.39, 0.29) is 5.75 Å². The minimum Gasteiger partial charge on any atom is -0.508 e. The van der Waals surface area contributed by atoms with Gasteiger partial charge < -0.3 is 16.2 Å². The zero-order valence-electron chi connectivity index (χ0n) is 14.3. The second-order valence-electron chi connectivity index (χ2n) is 6.07. The number of nitrogens with one attached hydrogen (secondary N) is 1. The number of aromatic nitrogens is 3. The average Bonchev–Trinajstić information content (AvgIpc) is 3.12. The predicted octanol–water partition coefficient (Wildman–Crippen LogP) is 2.81. The van der Waals surface area contributed by atoms with E-state index in [0.717, 1.165) is 16.8 Å². The van der Waals surface area contributed by atoms with Crippen LogP contribution in [0.15, 0.2) is 67.1 Å². The highest BCUT2D eigenvalue weighted by atomic mass is 16.3. The molecule has 4 aromatic rings. The molecule has 0 bridgehead atoms. The van der Waals surface area contributed by atoms with Crippen LogP contribution in [0.25, 0.3) is 16.9 Å². The highest BCUT2D eigenvalue weighted by Crippen LogP contribution is 2.25. The number of aromatic hydroxyl groups is 1. The van der Waals surface area contributed by atoms with Gasteiger partial charge in [-0.15, -0.1) is 0 Å². The first kappa shape index (κ1) is 16.6. The molecule has 0 saturated heterocycles. The zero-order chi connectivity index (χ0) is 18.8. The average molecular weight is 359 g/mol. The van der Waals surface area contributed by atoms with E-state index in [1.165, 1.54) is 0 Å². The topological polar surface area (TPSA) is 106 Å². The summed E-state index contributed by atoms with van der Waals surface area (Å²) >= 11 is 0. The van der Waals surface area contributed by atoms with Gasteiger partial charge in [0.25, 0.3) is 0 Å². The predicted molar refractivity (Wildman–Crippen MR) is 102 cm³/mol. The summed E-state index contributed by atoms with van der Waals surface area (Å²) in [4.78, 5) is 20.0. The molecule has 2 aromatic carbocycles. The Morgan fingerprint density at radius 3 is 2.52 bits per heavy atom. The zero-order valence-corrected chi connectivity index (χ0v) is 14.3. The van der Waals surface area contributed by atoms with Crippen LogP contribution < -0.4 is 11.1 Å². The molecule has 1 amide bonds. The number of phenolic OH excluding ortho intramolecular Hbond substituents is 1. The van der Waals surface area contributed by atoms with Crippen molar-refractivity contribution in [2.75, 3.05) is 5.32 Å². The van der Waals surface area contributed by atoms with Crippen molar-refractivity contribution in [1.29, 1.82) is 0 Å². The van der Waals surface area contributed by atoms with Crippen molar-refractivity contribution >= 4 is 17.4 Å². The van der Waals surface area contributed by atoms with Crippen LogP contribution in [0.2, 0.25) is 0 Å². The van der Waals surface area contributed by atoms with E-state index in [0.29, 0.717) is 23.6 Å². The number of primary amides is 1. The number of amides is 1. The van der Waals surface area contributed by atoms with Crippen molar-refractivity contribution in [3.8, 4) is 17.0 Å². The number of carbonyl (C=O) groups is 1.